The lowest BCUT2D eigenvalue weighted by molar-refractivity contribution is -0.139. The molecular weight excluding hydrogens is 336 g/mol. The van der Waals surface area contributed by atoms with Crippen molar-refractivity contribution < 1.29 is 14.7 Å². The predicted molar refractivity (Wildman–Crippen MR) is 96.5 cm³/mol. The van der Waals surface area contributed by atoms with Crippen LogP contribution < -0.4 is 0 Å². The van der Waals surface area contributed by atoms with Crippen molar-refractivity contribution in [3.63, 3.8) is 0 Å². The molecule has 25 heavy (non-hydrogen) atoms. The number of likely N-dealkylation sites (tertiary alicyclic amines) is 1. The van der Waals surface area contributed by atoms with Gasteiger partial charge in [-0.3, -0.25) is 9.59 Å². The Balaban J connectivity index is 1.24. The number of piperidine rings is 1. The van der Waals surface area contributed by atoms with E-state index in [0.717, 1.165) is 42.6 Å². The number of carboxylic acid groups (broad SMARTS) is 1. The van der Waals surface area contributed by atoms with Crippen LogP contribution in [0.5, 0.6) is 0 Å². The first-order valence-electron chi connectivity index (χ1n) is 8.92. The lowest BCUT2D eigenvalue weighted by Gasteiger charge is -2.32. The smallest absolute Gasteiger partial charge is 0.307 e. The number of nitrogens with zero attached hydrogens (tertiary/aromatic N) is 2. The normalized spacial score (nSPS) is 21.6. The van der Waals surface area contributed by atoms with Crippen LogP contribution in [0, 0.1) is 11.3 Å². The van der Waals surface area contributed by atoms with Gasteiger partial charge >= 0.3 is 5.97 Å². The predicted octanol–water partition coefficient (Wildman–Crippen LogP) is 3.33. The van der Waals surface area contributed by atoms with Crippen LogP contribution in [0.2, 0.25) is 0 Å². The molecule has 1 aliphatic carbocycles. The molecule has 6 heteroatoms. The van der Waals surface area contributed by atoms with Crippen molar-refractivity contribution in [1.29, 1.82) is 0 Å². The van der Waals surface area contributed by atoms with Crippen LogP contribution in [0.15, 0.2) is 24.3 Å². The fourth-order valence-electron chi connectivity index (χ4n) is 4.03. The number of fused-ring (bicyclic) bond motifs is 1. The van der Waals surface area contributed by atoms with E-state index in [-0.39, 0.29) is 17.2 Å². The summed E-state index contributed by atoms with van der Waals surface area (Å²) in [5, 5.41) is 10.2. The first kappa shape index (κ1) is 16.5. The van der Waals surface area contributed by atoms with Crippen LogP contribution in [0.1, 0.15) is 37.1 Å². The van der Waals surface area contributed by atoms with Gasteiger partial charge in [0, 0.05) is 19.5 Å². The molecule has 1 spiro atoms. The van der Waals surface area contributed by atoms with E-state index in [1.54, 1.807) is 11.3 Å². The van der Waals surface area contributed by atoms with Gasteiger partial charge in [0.25, 0.3) is 0 Å². The highest BCUT2D eigenvalue weighted by Gasteiger charge is 2.59. The Morgan fingerprint density at radius 1 is 1.28 bits per heavy atom. The number of rotatable bonds is 5. The van der Waals surface area contributed by atoms with Crippen molar-refractivity contribution in [3.05, 3.63) is 29.3 Å². The molecule has 1 saturated carbocycles. The first-order valence-corrected chi connectivity index (χ1v) is 9.74. The second kappa shape index (κ2) is 6.41. The number of thiazole rings is 1. The number of hydrogen-bond acceptors (Lipinski definition) is 4. The molecule has 2 aliphatic rings. The molecule has 1 atom stereocenters. The highest BCUT2D eigenvalue weighted by Crippen LogP contribution is 2.59. The molecule has 2 aromatic rings. The Kier molecular flexibility index (Phi) is 4.23. The minimum Gasteiger partial charge on any atom is -0.481 e. The van der Waals surface area contributed by atoms with E-state index < -0.39 is 5.97 Å². The molecule has 1 aliphatic heterocycles. The number of aliphatic carboxylic acids is 1. The van der Waals surface area contributed by atoms with Crippen LogP contribution in [0.4, 0.5) is 0 Å². The van der Waals surface area contributed by atoms with Crippen LogP contribution in [0.3, 0.4) is 0 Å². The minimum atomic E-state index is -0.671. The third-order valence-corrected chi connectivity index (χ3v) is 6.82. The third-order valence-electron chi connectivity index (χ3n) is 5.72. The van der Waals surface area contributed by atoms with E-state index in [4.69, 9.17) is 5.11 Å². The molecule has 132 valence electrons. The molecule has 1 unspecified atom stereocenters. The fourth-order valence-corrected chi connectivity index (χ4v) is 5.04. The standard InChI is InChI=1S/C19H22N2O3S/c22-17(21-10-8-19(9-11-21)12-13(19)18(23)24)7-3-6-16-20-14-4-1-2-5-15(14)25-16/h1-2,4-5,13H,3,6-12H2,(H,23,24). The van der Waals surface area contributed by atoms with Gasteiger partial charge in [0.05, 0.1) is 21.1 Å². The molecule has 4 rings (SSSR count). The zero-order valence-electron chi connectivity index (χ0n) is 14.1. The summed E-state index contributed by atoms with van der Waals surface area (Å²) in [5.74, 6) is -0.650. The second-order valence-electron chi connectivity index (χ2n) is 7.27. The number of aromatic nitrogens is 1. The zero-order valence-corrected chi connectivity index (χ0v) is 14.9. The first-order chi connectivity index (χ1) is 12.1. The van der Waals surface area contributed by atoms with E-state index in [2.05, 4.69) is 11.1 Å². The van der Waals surface area contributed by atoms with Crippen molar-refractivity contribution in [3.8, 4) is 0 Å². The molecule has 1 N–H and O–H groups in total. The average molecular weight is 358 g/mol. The van der Waals surface area contributed by atoms with E-state index in [9.17, 15) is 9.59 Å². The Bertz CT molecular complexity index is 775. The average Bonchev–Trinajstić information content (AvgIpc) is 3.14. The number of carbonyl (C=O) groups is 2. The number of carbonyl (C=O) groups excluding carboxylic acids is 1. The molecular formula is C19H22N2O3S. The molecule has 1 aromatic carbocycles. The minimum absolute atomic E-state index is 0.0103. The van der Waals surface area contributed by atoms with Gasteiger partial charge < -0.3 is 10.0 Å². The van der Waals surface area contributed by atoms with Crippen LogP contribution >= 0.6 is 11.3 Å². The number of para-hydroxylation sites is 1. The van der Waals surface area contributed by atoms with Crippen LogP contribution in [0.25, 0.3) is 10.2 Å². The number of benzene rings is 1. The maximum absolute atomic E-state index is 12.4. The largest absolute Gasteiger partial charge is 0.481 e. The summed E-state index contributed by atoms with van der Waals surface area (Å²) in [7, 11) is 0. The number of hydrogen-bond donors (Lipinski definition) is 1. The number of carboxylic acids is 1. The summed E-state index contributed by atoms with van der Waals surface area (Å²) in [5.41, 5.74) is 1.02. The molecule has 1 aromatic heterocycles. The van der Waals surface area contributed by atoms with E-state index in [1.807, 2.05) is 23.1 Å². The maximum Gasteiger partial charge on any atom is 0.307 e. The summed E-state index contributed by atoms with van der Waals surface area (Å²) in [4.78, 5) is 30.0. The van der Waals surface area contributed by atoms with Crippen molar-refractivity contribution in [2.24, 2.45) is 11.3 Å². The molecule has 5 nitrogen and oxygen atoms in total. The van der Waals surface area contributed by atoms with Gasteiger partial charge in [0.15, 0.2) is 0 Å². The lowest BCUT2D eigenvalue weighted by Crippen LogP contribution is -2.39. The van der Waals surface area contributed by atoms with Gasteiger partial charge in [-0.25, -0.2) is 4.98 Å². The maximum atomic E-state index is 12.4. The summed E-state index contributed by atoms with van der Waals surface area (Å²) in [6.45, 7) is 1.42. The number of aryl methyl sites for hydroxylation is 1. The summed E-state index contributed by atoms with van der Waals surface area (Å²) in [6, 6.07) is 8.11. The molecule has 2 fully saturated rings. The fraction of sp³-hybridized carbons (Fsp3) is 0.526. The number of amides is 1. The quantitative estimate of drug-likeness (QED) is 0.890. The van der Waals surface area contributed by atoms with Crippen molar-refractivity contribution in [2.45, 2.75) is 38.5 Å². The lowest BCUT2D eigenvalue weighted by atomic mass is 9.90. The molecule has 2 heterocycles. The Hall–Kier alpha value is -1.95. The van der Waals surface area contributed by atoms with Crippen LogP contribution in [-0.2, 0) is 16.0 Å². The van der Waals surface area contributed by atoms with Crippen LogP contribution in [-0.4, -0.2) is 40.0 Å². The van der Waals surface area contributed by atoms with Crippen molar-refractivity contribution in [1.82, 2.24) is 9.88 Å². The third kappa shape index (κ3) is 3.27. The van der Waals surface area contributed by atoms with Gasteiger partial charge in [-0.1, -0.05) is 12.1 Å². The van der Waals surface area contributed by atoms with Gasteiger partial charge in [-0.15, -0.1) is 11.3 Å². The Morgan fingerprint density at radius 2 is 2.04 bits per heavy atom. The van der Waals surface area contributed by atoms with E-state index in [1.165, 1.54) is 4.70 Å². The summed E-state index contributed by atoms with van der Waals surface area (Å²) < 4.78 is 1.20. The highest BCUT2D eigenvalue weighted by atomic mass is 32.1. The van der Waals surface area contributed by atoms with E-state index in [0.29, 0.717) is 19.5 Å². The summed E-state index contributed by atoms with van der Waals surface area (Å²) >= 11 is 1.70. The van der Waals surface area contributed by atoms with Gasteiger partial charge in [-0.05, 0) is 49.7 Å². The highest BCUT2D eigenvalue weighted by molar-refractivity contribution is 7.18. The second-order valence-corrected chi connectivity index (χ2v) is 8.38. The monoisotopic (exact) mass is 358 g/mol. The summed E-state index contributed by atoms with van der Waals surface area (Å²) in [6.07, 6.45) is 4.68. The SMILES string of the molecule is O=C(O)C1CC12CCN(C(=O)CCCc1nc3ccccc3s1)CC2. The van der Waals surface area contributed by atoms with Crippen molar-refractivity contribution >= 4 is 33.4 Å². The Labute approximate surface area is 150 Å². The van der Waals surface area contributed by atoms with Gasteiger partial charge in [-0.2, -0.15) is 0 Å². The van der Waals surface area contributed by atoms with Crippen molar-refractivity contribution in [2.75, 3.05) is 13.1 Å². The van der Waals surface area contributed by atoms with Gasteiger partial charge in [0.1, 0.15) is 0 Å². The molecule has 1 saturated heterocycles. The molecule has 1 amide bonds. The zero-order chi connectivity index (χ0) is 17.4. The topological polar surface area (TPSA) is 70.5 Å². The molecule has 0 bridgehead atoms. The van der Waals surface area contributed by atoms with Gasteiger partial charge in [0.2, 0.25) is 5.91 Å². The Morgan fingerprint density at radius 3 is 2.72 bits per heavy atom. The molecule has 0 radical (unpaired) electrons. The van der Waals surface area contributed by atoms with E-state index >= 15 is 0 Å².